The molecular weight excluding hydrogens is 143 g/mol. The van der Waals surface area contributed by atoms with Crippen LogP contribution in [0.2, 0.25) is 0 Å². The number of halogens is 1. The van der Waals surface area contributed by atoms with Crippen molar-refractivity contribution in [3.05, 3.63) is 12.7 Å². The quantitative estimate of drug-likeness (QED) is 0.543. The second-order valence-electron chi connectivity index (χ2n) is 2.56. The minimum absolute atomic E-state index is 0.155. The first-order valence-electron chi connectivity index (χ1n) is 4.00. The molecule has 0 saturated carbocycles. The SMILES string of the molecule is C=CCC(F)C(=O)CCCC. The van der Waals surface area contributed by atoms with Gasteiger partial charge in [0.2, 0.25) is 0 Å². The lowest BCUT2D eigenvalue weighted by Crippen LogP contribution is -2.13. The molecule has 0 spiro atoms. The Kier molecular flexibility index (Phi) is 5.71. The standard InChI is InChI=1S/C9H15FO/c1-3-5-7-9(11)8(10)6-4-2/h4,8H,2-3,5-7H2,1H3. The Bertz CT molecular complexity index is 132. The van der Waals surface area contributed by atoms with Gasteiger partial charge in [0, 0.05) is 12.8 Å². The van der Waals surface area contributed by atoms with E-state index in [0.717, 1.165) is 12.8 Å². The topological polar surface area (TPSA) is 17.1 Å². The molecule has 0 bridgehead atoms. The minimum Gasteiger partial charge on any atom is -0.296 e. The molecule has 1 unspecified atom stereocenters. The van der Waals surface area contributed by atoms with Gasteiger partial charge in [0.15, 0.2) is 12.0 Å². The second-order valence-corrected chi connectivity index (χ2v) is 2.56. The summed E-state index contributed by atoms with van der Waals surface area (Å²) in [4.78, 5) is 10.9. The van der Waals surface area contributed by atoms with Gasteiger partial charge in [0.1, 0.15) is 0 Å². The summed E-state index contributed by atoms with van der Waals surface area (Å²) in [6, 6.07) is 0. The van der Waals surface area contributed by atoms with Crippen LogP contribution in [0.5, 0.6) is 0 Å². The number of hydrogen-bond donors (Lipinski definition) is 0. The van der Waals surface area contributed by atoms with Crippen molar-refractivity contribution in [2.75, 3.05) is 0 Å². The Balaban J connectivity index is 3.54. The molecule has 0 aromatic carbocycles. The van der Waals surface area contributed by atoms with Gasteiger partial charge in [-0.05, 0) is 6.42 Å². The molecular formula is C9H15FO. The molecule has 0 rings (SSSR count). The smallest absolute Gasteiger partial charge is 0.167 e. The van der Waals surface area contributed by atoms with Gasteiger partial charge in [-0.2, -0.15) is 0 Å². The van der Waals surface area contributed by atoms with Crippen LogP contribution in [0.15, 0.2) is 12.7 Å². The van der Waals surface area contributed by atoms with Crippen LogP contribution in [0.25, 0.3) is 0 Å². The third-order valence-corrected chi connectivity index (χ3v) is 1.50. The minimum atomic E-state index is -1.32. The fraction of sp³-hybridized carbons (Fsp3) is 0.667. The third-order valence-electron chi connectivity index (χ3n) is 1.50. The number of carbonyl (C=O) groups excluding carboxylic acids is 1. The fourth-order valence-corrected chi connectivity index (χ4v) is 0.785. The van der Waals surface area contributed by atoms with Crippen LogP contribution in [-0.4, -0.2) is 12.0 Å². The van der Waals surface area contributed by atoms with E-state index in [1.54, 1.807) is 0 Å². The average Bonchev–Trinajstić information content (AvgIpc) is 2.00. The third kappa shape index (κ3) is 4.71. The van der Waals surface area contributed by atoms with E-state index < -0.39 is 6.17 Å². The Labute approximate surface area is 67.3 Å². The molecule has 11 heavy (non-hydrogen) atoms. The highest BCUT2D eigenvalue weighted by atomic mass is 19.1. The van der Waals surface area contributed by atoms with Crippen molar-refractivity contribution in [1.29, 1.82) is 0 Å². The van der Waals surface area contributed by atoms with Crippen molar-refractivity contribution in [1.82, 2.24) is 0 Å². The number of unbranched alkanes of at least 4 members (excludes halogenated alkanes) is 1. The van der Waals surface area contributed by atoms with Crippen LogP contribution in [0.3, 0.4) is 0 Å². The van der Waals surface area contributed by atoms with Gasteiger partial charge < -0.3 is 0 Å². The number of hydrogen-bond acceptors (Lipinski definition) is 1. The van der Waals surface area contributed by atoms with Gasteiger partial charge >= 0.3 is 0 Å². The number of rotatable bonds is 6. The summed E-state index contributed by atoms with van der Waals surface area (Å²) in [5.41, 5.74) is 0. The Morgan fingerprint density at radius 3 is 2.82 bits per heavy atom. The maximum atomic E-state index is 12.7. The molecule has 0 saturated heterocycles. The van der Waals surface area contributed by atoms with Crippen molar-refractivity contribution in [3.63, 3.8) is 0 Å². The molecule has 0 amide bonds. The van der Waals surface area contributed by atoms with Gasteiger partial charge in [-0.25, -0.2) is 4.39 Å². The van der Waals surface area contributed by atoms with Crippen LogP contribution in [0.4, 0.5) is 4.39 Å². The van der Waals surface area contributed by atoms with Crippen molar-refractivity contribution >= 4 is 5.78 Å². The number of alkyl halides is 1. The van der Waals surface area contributed by atoms with Crippen LogP contribution in [0, 0.1) is 0 Å². The van der Waals surface area contributed by atoms with E-state index in [-0.39, 0.29) is 12.2 Å². The zero-order valence-corrected chi connectivity index (χ0v) is 6.98. The molecule has 64 valence electrons. The predicted molar refractivity (Wildman–Crippen MR) is 44.2 cm³/mol. The lowest BCUT2D eigenvalue weighted by molar-refractivity contribution is -0.123. The highest BCUT2D eigenvalue weighted by Gasteiger charge is 2.13. The van der Waals surface area contributed by atoms with Crippen LogP contribution in [0.1, 0.15) is 32.6 Å². The Hall–Kier alpha value is -0.660. The van der Waals surface area contributed by atoms with E-state index in [1.165, 1.54) is 6.08 Å². The summed E-state index contributed by atoms with van der Waals surface area (Å²) in [6.07, 6.45) is 2.37. The monoisotopic (exact) mass is 158 g/mol. The molecule has 0 aromatic rings. The molecule has 0 heterocycles. The fourth-order valence-electron chi connectivity index (χ4n) is 0.785. The maximum Gasteiger partial charge on any atom is 0.167 e. The van der Waals surface area contributed by atoms with Gasteiger partial charge in [-0.1, -0.05) is 19.4 Å². The maximum absolute atomic E-state index is 12.7. The van der Waals surface area contributed by atoms with Gasteiger partial charge in [0.25, 0.3) is 0 Å². The highest BCUT2D eigenvalue weighted by molar-refractivity contribution is 5.82. The number of Topliss-reactive ketones (excluding diaryl/α,β-unsaturated/α-hetero) is 1. The molecule has 1 atom stereocenters. The summed E-state index contributed by atoms with van der Waals surface area (Å²) in [7, 11) is 0. The van der Waals surface area contributed by atoms with Gasteiger partial charge in [-0.15, -0.1) is 6.58 Å². The molecule has 0 aromatic heterocycles. The Morgan fingerprint density at radius 1 is 1.73 bits per heavy atom. The number of ketones is 1. The first-order valence-corrected chi connectivity index (χ1v) is 4.00. The molecule has 0 fully saturated rings. The first kappa shape index (κ1) is 10.3. The number of carbonyl (C=O) groups is 1. The van der Waals surface area contributed by atoms with Gasteiger partial charge in [0.05, 0.1) is 0 Å². The lowest BCUT2D eigenvalue weighted by Gasteiger charge is -2.02. The van der Waals surface area contributed by atoms with Crippen molar-refractivity contribution in [2.45, 2.75) is 38.8 Å². The summed E-state index contributed by atoms with van der Waals surface area (Å²) < 4.78 is 12.7. The molecule has 0 aliphatic heterocycles. The summed E-state index contributed by atoms with van der Waals surface area (Å²) in [6.45, 7) is 5.35. The van der Waals surface area contributed by atoms with E-state index >= 15 is 0 Å². The summed E-state index contributed by atoms with van der Waals surface area (Å²) in [5, 5.41) is 0. The zero-order valence-electron chi connectivity index (χ0n) is 6.98. The molecule has 0 N–H and O–H groups in total. The molecule has 0 radical (unpaired) electrons. The average molecular weight is 158 g/mol. The predicted octanol–water partition coefficient (Wildman–Crippen LogP) is 2.66. The normalized spacial score (nSPS) is 12.5. The molecule has 1 nitrogen and oxygen atoms in total. The second kappa shape index (κ2) is 6.08. The van der Waals surface area contributed by atoms with Crippen LogP contribution in [-0.2, 0) is 4.79 Å². The largest absolute Gasteiger partial charge is 0.296 e. The van der Waals surface area contributed by atoms with Crippen molar-refractivity contribution in [2.24, 2.45) is 0 Å². The highest BCUT2D eigenvalue weighted by Crippen LogP contribution is 2.06. The molecule has 2 heteroatoms. The van der Waals surface area contributed by atoms with E-state index in [0.29, 0.717) is 6.42 Å². The van der Waals surface area contributed by atoms with Crippen LogP contribution >= 0.6 is 0 Å². The zero-order chi connectivity index (χ0) is 8.69. The van der Waals surface area contributed by atoms with E-state index in [4.69, 9.17) is 0 Å². The number of allylic oxidation sites excluding steroid dienone is 1. The lowest BCUT2D eigenvalue weighted by atomic mass is 10.1. The van der Waals surface area contributed by atoms with Crippen molar-refractivity contribution < 1.29 is 9.18 Å². The summed E-state index contributed by atoms with van der Waals surface area (Å²) >= 11 is 0. The summed E-state index contributed by atoms with van der Waals surface area (Å²) in [5.74, 6) is -0.285. The molecule has 0 aliphatic carbocycles. The molecule has 0 aliphatic rings. The van der Waals surface area contributed by atoms with E-state index in [9.17, 15) is 9.18 Å². The van der Waals surface area contributed by atoms with E-state index in [2.05, 4.69) is 6.58 Å². The van der Waals surface area contributed by atoms with Crippen LogP contribution < -0.4 is 0 Å². The Morgan fingerprint density at radius 2 is 2.36 bits per heavy atom. The first-order chi connectivity index (χ1) is 5.22. The van der Waals surface area contributed by atoms with Crippen molar-refractivity contribution in [3.8, 4) is 0 Å². The van der Waals surface area contributed by atoms with E-state index in [1.807, 2.05) is 6.92 Å². The van der Waals surface area contributed by atoms with Gasteiger partial charge in [-0.3, -0.25) is 4.79 Å².